The zero-order valence-corrected chi connectivity index (χ0v) is 9.85. The Morgan fingerprint density at radius 1 is 1.47 bits per heavy atom. The van der Waals surface area contributed by atoms with Gasteiger partial charge in [0, 0.05) is 17.8 Å². The van der Waals surface area contributed by atoms with Crippen LogP contribution in [0.2, 0.25) is 5.02 Å². The van der Waals surface area contributed by atoms with Gasteiger partial charge in [0.05, 0.1) is 4.90 Å². The molecule has 5 heteroatoms. The highest BCUT2D eigenvalue weighted by Crippen LogP contribution is 2.21. The lowest BCUT2D eigenvalue weighted by molar-refractivity contribution is 0.601. The highest BCUT2D eigenvalue weighted by atomic mass is 35.5. The molecule has 0 atom stereocenters. The van der Waals surface area contributed by atoms with Gasteiger partial charge in [-0.2, -0.15) is 0 Å². The van der Waals surface area contributed by atoms with Gasteiger partial charge in [0.15, 0.2) is 9.84 Å². The third-order valence-electron chi connectivity index (χ3n) is 1.80. The van der Waals surface area contributed by atoms with Crippen LogP contribution in [0.1, 0.15) is 5.56 Å². The van der Waals surface area contributed by atoms with Gasteiger partial charge in [-0.25, -0.2) is 8.42 Å². The van der Waals surface area contributed by atoms with Crippen molar-refractivity contribution in [1.29, 1.82) is 0 Å². The predicted molar refractivity (Wildman–Crippen MR) is 62.7 cm³/mol. The van der Waals surface area contributed by atoms with Crippen LogP contribution < -0.4 is 5.73 Å². The Bertz CT molecular complexity index is 480. The minimum atomic E-state index is -3.23. The van der Waals surface area contributed by atoms with Crippen LogP contribution in [-0.2, 0) is 9.84 Å². The Morgan fingerprint density at radius 3 is 2.67 bits per heavy atom. The van der Waals surface area contributed by atoms with Crippen LogP contribution in [0.15, 0.2) is 29.2 Å². The average molecular weight is 246 g/mol. The van der Waals surface area contributed by atoms with Crippen molar-refractivity contribution in [3.8, 4) is 0 Å². The highest BCUT2D eigenvalue weighted by molar-refractivity contribution is 7.90. The van der Waals surface area contributed by atoms with Gasteiger partial charge in [-0.1, -0.05) is 23.8 Å². The van der Waals surface area contributed by atoms with Gasteiger partial charge >= 0.3 is 0 Å². The fourth-order valence-electron chi connectivity index (χ4n) is 1.18. The van der Waals surface area contributed by atoms with Gasteiger partial charge in [-0.15, -0.1) is 0 Å². The van der Waals surface area contributed by atoms with Gasteiger partial charge in [0.1, 0.15) is 0 Å². The van der Waals surface area contributed by atoms with Crippen molar-refractivity contribution in [2.24, 2.45) is 5.73 Å². The summed E-state index contributed by atoms with van der Waals surface area (Å²) in [5.74, 6) is 0. The monoisotopic (exact) mass is 245 g/mol. The second-order valence-corrected chi connectivity index (χ2v) is 5.51. The van der Waals surface area contributed by atoms with Crippen molar-refractivity contribution in [2.45, 2.75) is 4.90 Å². The predicted octanol–water partition coefficient (Wildman–Crippen LogP) is 1.72. The van der Waals surface area contributed by atoms with Crippen LogP contribution in [0.5, 0.6) is 0 Å². The first-order chi connectivity index (χ1) is 6.95. The Balaban J connectivity index is 3.33. The van der Waals surface area contributed by atoms with Crippen molar-refractivity contribution in [1.82, 2.24) is 0 Å². The van der Waals surface area contributed by atoms with E-state index in [1.54, 1.807) is 24.3 Å². The molecule has 15 heavy (non-hydrogen) atoms. The SMILES string of the molecule is CS(=O)(=O)c1ccc(Cl)cc1/C=C/CN. The molecule has 0 aliphatic heterocycles. The Kier molecular flexibility index (Phi) is 3.90. The molecule has 1 aromatic rings. The maximum absolute atomic E-state index is 11.4. The molecule has 1 aromatic carbocycles. The zero-order valence-electron chi connectivity index (χ0n) is 8.27. The first-order valence-electron chi connectivity index (χ1n) is 4.31. The summed E-state index contributed by atoms with van der Waals surface area (Å²) >= 11 is 5.79. The minimum absolute atomic E-state index is 0.261. The van der Waals surface area contributed by atoms with Gasteiger partial charge in [0.2, 0.25) is 0 Å². The molecule has 0 spiro atoms. The highest BCUT2D eigenvalue weighted by Gasteiger charge is 2.11. The molecule has 0 fully saturated rings. The molecule has 0 bridgehead atoms. The lowest BCUT2D eigenvalue weighted by Crippen LogP contribution is -2.00. The Morgan fingerprint density at radius 2 is 2.13 bits per heavy atom. The van der Waals surface area contributed by atoms with E-state index in [4.69, 9.17) is 17.3 Å². The summed E-state index contributed by atoms with van der Waals surface area (Å²) in [7, 11) is -3.23. The lowest BCUT2D eigenvalue weighted by Gasteiger charge is -2.04. The van der Waals surface area contributed by atoms with Crippen LogP contribution in [-0.4, -0.2) is 21.2 Å². The quantitative estimate of drug-likeness (QED) is 0.882. The number of sulfone groups is 1. The molecule has 3 nitrogen and oxygen atoms in total. The van der Waals surface area contributed by atoms with Crippen LogP contribution in [0.4, 0.5) is 0 Å². The molecule has 0 heterocycles. The number of rotatable bonds is 3. The molecule has 0 aromatic heterocycles. The van der Waals surface area contributed by atoms with E-state index in [9.17, 15) is 8.42 Å². The van der Waals surface area contributed by atoms with E-state index in [0.29, 0.717) is 17.1 Å². The molecule has 0 aliphatic carbocycles. The summed E-state index contributed by atoms with van der Waals surface area (Å²) in [6.07, 6.45) is 4.50. The summed E-state index contributed by atoms with van der Waals surface area (Å²) in [6, 6.07) is 4.65. The fourth-order valence-corrected chi connectivity index (χ4v) is 2.23. The molecule has 82 valence electrons. The number of nitrogens with two attached hydrogens (primary N) is 1. The summed E-state index contributed by atoms with van der Waals surface area (Å²) < 4.78 is 22.8. The van der Waals surface area contributed by atoms with E-state index in [-0.39, 0.29) is 4.90 Å². The summed E-state index contributed by atoms with van der Waals surface area (Å²) in [6.45, 7) is 0.357. The van der Waals surface area contributed by atoms with Crippen LogP contribution in [0.25, 0.3) is 6.08 Å². The summed E-state index contributed by atoms with van der Waals surface area (Å²) in [5, 5.41) is 0.499. The summed E-state index contributed by atoms with van der Waals surface area (Å²) in [5.41, 5.74) is 5.87. The lowest BCUT2D eigenvalue weighted by atomic mass is 10.2. The van der Waals surface area contributed by atoms with Crippen molar-refractivity contribution in [2.75, 3.05) is 12.8 Å². The van der Waals surface area contributed by atoms with E-state index in [1.807, 2.05) is 0 Å². The van der Waals surface area contributed by atoms with Gasteiger partial charge < -0.3 is 5.73 Å². The van der Waals surface area contributed by atoms with E-state index in [2.05, 4.69) is 0 Å². The van der Waals surface area contributed by atoms with Crippen LogP contribution >= 0.6 is 11.6 Å². The fraction of sp³-hybridized carbons (Fsp3) is 0.200. The Labute approximate surface area is 94.5 Å². The number of hydrogen-bond acceptors (Lipinski definition) is 3. The van der Waals surface area contributed by atoms with Crippen molar-refractivity contribution in [3.63, 3.8) is 0 Å². The van der Waals surface area contributed by atoms with Gasteiger partial charge in [0.25, 0.3) is 0 Å². The zero-order chi connectivity index (χ0) is 11.5. The molecule has 1 rings (SSSR count). The molecular weight excluding hydrogens is 234 g/mol. The Hall–Kier alpha value is -0.840. The molecule has 0 amide bonds. The maximum Gasteiger partial charge on any atom is 0.176 e. The second kappa shape index (κ2) is 4.79. The molecular formula is C10H12ClNO2S. The van der Waals surface area contributed by atoms with E-state index >= 15 is 0 Å². The maximum atomic E-state index is 11.4. The van der Waals surface area contributed by atoms with E-state index in [1.165, 1.54) is 6.07 Å². The molecule has 0 saturated heterocycles. The summed E-state index contributed by atoms with van der Waals surface area (Å²) in [4.78, 5) is 0.261. The average Bonchev–Trinajstić information content (AvgIpc) is 2.12. The molecule has 2 N–H and O–H groups in total. The van der Waals surface area contributed by atoms with E-state index < -0.39 is 9.84 Å². The van der Waals surface area contributed by atoms with E-state index in [0.717, 1.165) is 6.26 Å². The van der Waals surface area contributed by atoms with Crippen molar-refractivity contribution >= 4 is 27.5 Å². The molecule has 0 radical (unpaired) electrons. The standard InChI is InChI=1S/C10H12ClNO2S/c1-15(13,14)10-5-4-9(11)7-8(10)3-2-6-12/h2-5,7H,6,12H2,1H3/b3-2+. The van der Waals surface area contributed by atoms with Gasteiger partial charge in [-0.05, 0) is 23.8 Å². The minimum Gasteiger partial charge on any atom is -0.327 e. The normalized spacial score (nSPS) is 12.2. The second-order valence-electron chi connectivity index (χ2n) is 3.09. The smallest absolute Gasteiger partial charge is 0.176 e. The number of benzene rings is 1. The number of hydrogen-bond donors (Lipinski definition) is 1. The first-order valence-corrected chi connectivity index (χ1v) is 6.58. The molecule has 0 aliphatic rings. The number of halogens is 1. The molecule has 0 unspecified atom stereocenters. The topological polar surface area (TPSA) is 60.2 Å². The molecule has 0 saturated carbocycles. The third kappa shape index (κ3) is 3.34. The van der Waals surface area contributed by atoms with Crippen LogP contribution in [0, 0.1) is 0 Å². The third-order valence-corrected chi connectivity index (χ3v) is 3.21. The first kappa shape index (κ1) is 12.2. The van der Waals surface area contributed by atoms with Crippen LogP contribution in [0.3, 0.4) is 0 Å². The largest absolute Gasteiger partial charge is 0.327 e. The van der Waals surface area contributed by atoms with Gasteiger partial charge in [-0.3, -0.25) is 0 Å². The van der Waals surface area contributed by atoms with Crippen molar-refractivity contribution in [3.05, 3.63) is 34.9 Å². The van der Waals surface area contributed by atoms with Crippen molar-refractivity contribution < 1.29 is 8.42 Å².